The molecule has 1 aromatic carbocycles. The molecule has 0 atom stereocenters. The molecule has 0 spiro atoms. The molecule has 6 heteroatoms. The Morgan fingerprint density at radius 3 is 2.30 bits per heavy atom. The number of rotatable bonds is 5. The van der Waals surface area contributed by atoms with Gasteiger partial charge in [-0.3, -0.25) is 4.79 Å². The number of allylic oxidation sites excluding steroid dienone is 2. The second kappa shape index (κ2) is 7.26. The number of carboxylic acid groups (broad SMARTS) is 1. The minimum atomic E-state index is -1.29. The lowest BCUT2D eigenvalue weighted by molar-refractivity contribution is -0.134. The van der Waals surface area contributed by atoms with Crippen molar-refractivity contribution < 1.29 is 14.7 Å². The zero-order chi connectivity index (χ0) is 15.3. The van der Waals surface area contributed by atoms with Gasteiger partial charge in [-0.1, -0.05) is 39.7 Å². The van der Waals surface area contributed by atoms with Gasteiger partial charge in [0, 0.05) is 23.3 Å². The lowest BCUT2D eigenvalue weighted by Crippen LogP contribution is -2.18. The van der Waals surface area contributed by atoms with Gasteiger partial charge in [-0.05, 0) is 24.6 Å². The Labute approximate surface area is 130 Å². The maximum atomic E-state index is 12.0. The maximum Gasteiger partial charge on any atom is 0.341 e. The topological polar surface area (TPSA) is 66.4 Å². The van der Waals surface area contributed by atoms with Crippen LogP contribution in [-0.2, 0) is 9.59 Å². The molecule has 0 aliphatic heterocycles. The van der Waals surface area contributed by atoms with Gasteiger partial charge in [0.1, 0.15) is 5.57 Å². The van der Waals surface area contributed by atoms with Crippen LogP contribution < -0.4 is 5.32 Å². The van der Waals surface area contributed by atoms with Crippen molar-refractivity contribution >= 4 is 44.3 Å². The van der Waals surface area contributed by atoms with E-state index in [0.717, 1.165) is 10.5 Å². The van der Waals surface area contributed by atoms with Gasteiger partial charge in [0.15, 0.2) is 5.78 Å². The van der Waals surface area contributed by atoms with Crippen molar-refractivity contribution in [1.29, 1.82) is 0 Å². The van der Waals surface area contributed by atoms with Crippen LogP contribution in [0.2, 0.25) is 0 Å². The summed E-state index contributed by atoms with van der Waals surface area (Å²) in [6.07, 6.45) is 1.11. The highest BCUT2D eigenvalue weighted by atomic mass is 79.9. The van der Waals surface area contributed by atoms with Gasteiger partial charge < -0.3 is 10.4 Å². The number of carboxylic acids is 1. The summed E-state index contributed by atoms with van der Waals surface area (Å²) in [6, 6.07) is 7.02. The molecule has 0 amide bonds. The summed E-state index contributed by atoms with van der Waals surface area (Å²) in [6.45, 7) is 1.52. The Morgan fingerprint density at radius 1 is 1.30 bits per heavy atom. The summed E-state index contributed by atoms with van der Waals surface area (Å²) in [4.78, 5) is 23.1. The highest BCUT2D eigenvalue weighted by Crippen LogP contribution is 2.22. The van der Waals surface area contributed by atoms with Gasteiger partial charge in [-0.25, -0.2) is 4.79 Å². The third-order valence-corrected chi connectivity index (χ3v) is 3.44. The second-order valence-corrected chi connectivity index (χ2v) is 5.24. The molecule has 0 heterocycles. The van der Waals surface area contributed by atoms with Crippen LogP contribution in [0.4, 0.5) is 0 Å². The van der Waals surface area contributed by atoms with Gasteiger partial charge in [0.05, 0.1) is 5.03 Å². The molecule has 2 N–H and O–H groups in total. The van der Waals surface area contributed by atoms with Crippen molar-refractivity contribution in [3.63, 3.8) is 0 Å². The van der Waals surface area contributed by atoms with E-state index in [1.807, 2.05) is 0 Å². The molecule has 4 nitrogen and oxygen atoms in total. The monoisotopic (exact) mass is 357 g/mol. The fourth-order valence-corrected chi connectivity index (χ4v) is 1.94. The van der Waals surface area contributed by atoms with E-state index >= 15 is 0 Å². The number of aliphatic carboxylic acids is 1. The zero-order valence-electron chi connectivity index (χ0n) is 10.9. The van der Waals surface area contributed by atoms with Gasteiger partial charge in [0.25, 0.3) is 0 Å². The number of halogens is 2. The Hall–Kier alpha value is -1.59. The summed E-state index contributed by atoms with van der Waals surface area (Å²) in [5, 5.41) is 11.9. The fourth-order valence-electron chi connectivity index (χ4n) is 1.46. The van der Waals surface area contributed by atoms with E-state index in [1.54, 1.807) is 31.3 Å². The van der Waals surface area contributed by atoms with Crippen molar-refractivity contribution in [3.8, 4) is 0 Å². The van der Waals surface area contributed by atoms with Crippen molar-refractivity contribution in [2.75, 3.05) is 7.05 Å². The van der Waals surface area contributed by atoms with E-state index in [-0.39, 0.29) is 16.3 Å². The van der Waals surface area contributed by atoms with Gasteiger partial charge in [-0.2, -0.15) is 0 Å². The van der Waals surface area contributed by atoms with Crippen LogP contribution in [0.15, 0.2) is 46.1 Å². The number of hydrogen-bond donors (Lipinski definition) is 2. The van der Waals surface area contributed by atoms with E-state index in [2.05, 4.69) is 21.2 Å². The standard InChI is InChI=1S/C14H13BrClNO3/c1-8(17-2)13(14(19)20)12(18)7-11(16)9-3-5-10(15)6-4-9/h3-7,17H,1-2H3,(H,19,20)/b11-7?,13-8-. The highest BCUT2D eigenvalue weighted by Gasteiger charge is 2.19. The van der Waals surface area contributed by atoms with Crippen LogP contribution >= 0.6 is 27.5 Å². The van der Waals surface area contributed by atoms with E-state index in [0.29, 0.717) is 5.56 Å². The number of hydrogen-bond acceptors (Lipinski definition) is 3. The second-order valence-electron chi connectivity index (χ2n) is 3.92. The van der Waals surface area contributed by atoms with Gasteiger partial charge >= 0.3 is 5.97 Å². The van der Waals surface area contributed by atoms with Crippen LogP contribution in [0.5, 0.6) is 0 Å². The molecule has 0 bridgehead atoms. The van der Waals surface area contributed by atoms with Crippen LogP contribution in [0.3, 0.4) is 0 Å². The molecule has 0 saturated heterocycles. The molecule has 0 radical (unpaired) electrons. The molecule has 0 fully saturated rings. The number of benzene rings is 1. The first kappa shape index (κ1) is 16.5. The minimum absolute atomic E-state index is 0.185. The molecule has 0 unspecified atom stereocenters. The number of carbonyl (C=O) groups is 2. The lowest BCUT2D eigenvalue weighted by Gasteiger charge is -2.05. The summed E-state index contributed by atoms with van der Waals surface area (Å²) < 4.78 is 0.884. The summed E-state index contributed by atoms with van der Waals surface area (Å²) in [5.41, 5.74) is 0.580. The van der Waals surface area contributed by atoms with Crippen molar-refractivity contribution in [3.05, 3.63) is 51.6 Å². The van der Waals surface area contributed by atoms with Gasteiger partial charge in [0.2, 0.25) is 0 Å². The third kappa shape index (κ3) is 4.21. The lowest BCUT2D eigenvalue weighted by atomic mass is 10.1. The van der Waals surface area contributed by atoms with E-state index in [1.165, 1.54) is 6.92 Å². The highest BCUT2D eigenvalue weighted by molar-refractivity contribution is 9.10. The van der Waals surface area contributed by atoms with E-state index < -0.39 is 11.8 Å². The predicted molar refractivity (Wildman–Crippen MR) is 82.4 cm³/mol. The largest absolute Gasteiger partial charge is 0.477 e. The van der Waals surface area contributed by atoms with Crippen molar-refractivity contribution in [2.45, 2.75) is 6.92 Å². The Morgan fingerprint density at radius 2 is 1.85 bits per heavy atom. The average molecular weight is 359 g/mol. The number of carbonyl (C=O) groups excluding carboxylic acids is 1. The first-order chi connectivity index (χ1) is 9.36. The third-order valence-electron chi connectivity index (χ3n) is 2.59. The fraction of sp³-hybridized carbons (Fsp3) is 0.143. The minimum Gasteiger partial charge on any atom is -0.477 e. The molecule has 0 aliphatic carbocycles. The zero-order valence-corrected chi connectivity index (χ0v) is 13.2. The summed E-state index contributed by atoms with van der Waals surface area (Å²) >= 11 is 9.33. The molecule has 1 aromatic rings. The molecule has 106 valence electrons. The smallest absolute Gasteiger partial charge is 0.341 e. The summed E-state index contributed by atoms with van der Waals surface area (Å²) in [7, 11) is 1.55. The quantitative estimate of drug-likeness (QED) is 0.482. The summed E-state index contributed by atoms with van der Waals surface area (Å²) in [5.74, 6) is -1.95. The Balaban J connectivity index is 3.12. The van der Waals surface area contributed by atoms with Crippen LogP contribution in [0, 0.1) is 0 Å². The molecule has 0 aliphatic rings. The molecule has 1 rings (SSSR count). The SMILES string of the molecule is CN/C(C)=C(\C(=O)O)C(=O)C=C(Cl)c1ccc(Br)cc1. The normalized spacial score (nSPS) is 12.7. The molecule has 20 heavy (non-hydrogen) atoms. The maximum absolute atomic E-state index is 12.0. The van der Waals surface area contributed by atoms with E-state index in [9.17, 15) is 9.59 Å². The first-order valence-corrected chi connectivity index (χ1v) is 6.83. The number of nitrogens with one attached hydrogen (secondary N) is 1. The molecule has 0 saturated carbocycles. The van der Waals surface area contributed by atoms with Crippen molar-refractivity contribution in [1.82, 2.24) is 5.32 Å². The molecule has 0 aromatic heterocycles. The molecular formula is C14H13BrClNO3. The first-order valence-electron chi connectivity index (χ1n) is 5.66. The average Bonchev–Trinajstić information content (AvgIpc) is 2.38. The van der Waals surface area contributed by atoms with E-state index in [4.69, 9.17) is 16.7 Å². The number of ketones is 1. The van der Waals surface area contributed by atoms with Crippen LogP contribution in [-0.4, -0.2) is 23.9 Å². The van der Waals surface area contributed by atoms with Crippen molar-refractivity contribution in [2.24, 2.45) is 0 Å². The predicted octanol–water partition coefficient (Wildman–Crippen LogP) is 3.18. The van der Waals surface area contributed by atoms with Crippen LogP contribution in [0.1, 0.15) is 12.5 Å². The van der Waals surface area contributed by atoms with Crippen LogP contribution in [0.25, 0.3) is 5.03 Å². The Bertz CT molecular complexity index is 591. The van der Waals surface area contributed by atoms with Gasteiger partial charge in [-0.15, -0.1) is 0 Å². The Kier molecular flexibility index (Phi) is 5.98. The molecular weight excluding hydrogens is 346 g/mol.